The largest absolute Gasteiger partial charge is 0.508 e. The molecular weight excluding hydrogens is 256 g/mol. The van der Waals surface area contributed by atoms with Crippen molar-refractivity contribution in [2.24, 2.45) is 0 Å². The van der Waals surface area contributed by atoms with Gasteiger partial charge in [0.05, 0.1) is 4.92 Å². The predicted octanol–water partition coefficient (Wildman–Crippen LogP) is 3.15. The number of phenolic OH excluding ortho intramolecular Hbond substituents is 1. The summed E-state index contributed by atoms with van der Waals surface area (Å²) in [4.78, 5) is 10.3. The Balaban J connectivity index is 1.99. The molecule has 2 N–H and O–H groups in total. The summed E-state index contributed by atoms with van der Waals surface area (Å²) in [6.07, 6.45) is 0. The molecule has 0 aliphatic heterocycles. The van der Waals surface area contributed by atoms with Crippen LogP contribution < -0.4 is 5.32 Å². The van der Waals surface area contributed by atoms with Crippen LogP contribution in [0.3, 0.4) is 0 Å². The second-order valence-corrected chi connectivity index (χ2v) is 4.62. The Morgan fingerprint density at radius 3 is 2.60 bits per heavy atom. The molecule has 5 heteroatoms. The highest BCUT2D eigenvalue weighted by atomic mass is 16.6. The first-order valence-electron chi connectivity index (χ1n) is 6.32. The fourth-order valence-corrected chi connectivity index (χ4v) is 1.93. The van der Waals surface area contributed by atoms with Gasteiger partial charge in [-0.1, -0.05) is 24.3 Å². The standard InChI is InChI=1S/C15H16N2O3/c1-11(13-5-7-15(18)8-6-13)16-10-12-3-2-4-14(9-12)17(19)20/h2-9,11,16,18H,10H2,1H3. The molecule has 0 heterocycles. The maximum absolute atomic E-state index is 10.7. The molecule has 0 radical (unpaired) electrons. The lowest BCUT2D eigenvalue weighted by molar-refractivity contribution is -0.384. The Morgan fingerprint density at radius 1 is 1.25 bits per heavy atom. The van der Waals surface area contributed by atoms with E-state index in [1.807, 2.05) is 25.1 Å². The van der Waals surface area contributed by atoms with Crippen LogP contribution in [0.5, 0.6) is 5.75 Å². The van der Waals surface area contributed by atoms with E-state index < -0.39 is 4.92 Å². The minimum atomic E-state index is -0.396. The zero-order valence-electron chi connectivity index (χ0n) is 11.1. The number of nitro groups is 1. The lowest BCUT2D eigenvalue weighted by Crippen LogP contribution is -2.18. The van der Waals surface area contributed by atoms with E-state index in [9.17, 15) is 15.2 Å². The number of aromatic hydroxyl groups is 1. The van der Waals surface area contributed by atoms with Crippen molar-refractivity contribution in [3.05, 3.63) is 69.8 Å². The number of nitrogens with zero attached hydrogens (tertiary/aromatic N) is 1. The molecule has 1 unspecified atom stereocenters. The monoisotopic (exact) mass is 272 g/mol. The van der Waals surface area contributed by atoms with Crippen molar-refractivity contribution in [2.45, 2.75) is 19.5 Å². The molecule has 1 atom stereocenters. The summed E-state index contributed by atoms with van der Waals surface area (Å²) in [7, 11) is 0. The third-order valence-corrected chi connectivity index (χ3v) is 3.13. The van der Waals surface area contributed by atoms with Crippen LogP contribution in [0.25, 0.3) is 0 Å². The first-order valence-corrected chi connectivity index (χ1v) is 6.32. The Hall–Kier alpha value is -2.40. The number of nitrogens with one attached hydrogen (secondary N) is 1. The fraction of sp³-hybridized carbons (Fsp3) is 0.200. The number of hydrogen-bond donors (Lipinski definition) is 2. The summed E-state index contributed by atoms with van der Waals surface area (Å²) >= 11 is 0. The van der Waals surface area contributed by atoms with Gasteiger partial charge in [0.2, 0.25) is 0 Å². The van der Waals surface area contributed by atoms with E-state index >= 15 is 0 Å². The molecule has 0 aliphatic carbocycles. The van der Waals surface area contributed by atoms with Crippen molar-refractivity contribution in [1.29, 1.82) is 0 Å². The molecule has 2 rings (SSSR count). The van der Waals surface area contributed by atoms with Gasteiger partial charge in [0.15, 0.2) is 0 Å². The van der Waals surface area contributed by atoms with E-state index in [-0.39, 0.29) is 17.5 Å². The van der Waals surface area contributed by atoms with Crippen LogP contribution in [-0.2, 0) is 6.54 Å². The van der Waals surface area contributed by atoms with Crippen LogP contribution in [0.1, 0.15) is 24.1 Å². The molecule has 0 saturated heterocycles. The molecular formula is C15H16N2O3. The van der Waals surface area contributed by atoms with Gasteiger partial charge in [-0.25, -0.2) is 0 Å². The molecule has 20 heavy (non-hydrogen) atoms. The second kappa shape index (κ2) is 6.16. The van der Waals surface area contributed by atoms with Crippen LogP contribution in [-0.4, -0.2) is 10.0 Å². The van der Waals surface area contributed by atoms with E-state index in [1.165, 1.54) is 6.07 Å². The maximum Gasteiger partial charge on any atom is 0.269 e. The SMILES string of the molecule is CC(NCc1cccc([N+](=O)[O-])c1)c1ccc(O)cc1. The van der Waals surface area contributed by atoms with Crippen LogP contribution in [0.15, 0.2) is 48.5 Å². The molecule has 2 aromatic rings. The summed E-state index contributed by atoms with van der Waals surface area (Å²) in [6, 6.07) is 13.6. The van der Waals surface area contributed by atoms with Gasteiger partial charge in [0.25, 0.3) is 5.69 Å². The first kappa shape index (κ1) is 14.0. The minimum Gasteiger partial charge on any atom is -0.508 e. The number of rotatable bonds is 5. The Morgan fingerprint density at radius 2 is 1.95 bits per heavy atom. The van der Waals surface area contributed by atoms with E-state index in [0.717, 1.165) is 11.1 Å². The highest BCUT2D eigenvalue weighted by Crippen LogP contribution is 2.18. The smallest absolute Gasteiger partial charge is 0.269 e. The van der Waals surface area contributed by atoms with Gasteiger partial charge in [-0.2, -0.15) is 0 Å². The van der Waals surface area contributed by atoms with Crippen molar-refractivity contribution in [2.75, 3.05) is 0 Å². The minimum absolute atomic E-state index is 0.0925. The van der Waals surface area contributed by atoms with Crippen LogP contribution in [0.2, 0.25) is 0 Å². The van der Waals surface area contributed by atoms with Gasteiger partial charge < -0.3 is 10.4 Å². The zero-order valence-corrected chi connectivity index (χ0v) is 11.1. The van der Waals surface area contributed by atoms with E-state index in [0.29, 0.717) is 6.54 Å². The highest BCUT2D eigenvalue weighted by molar-refractivity contribution is 5.34. The number of non-ortho nitro benzene ring substituents is 1. The summed E-state index contributed by atoms with van der Waals surface area (Å²) in [5, 5.41) is 23.2. The molecule has 0 bridgehead atoms. The highest BCUT2D eigenvalue weighted by Gasteiger charge is 2.08. The Kier molecular flexibility index (Phi) is 4.32. The van der Waals surface area contributed by atoms with Crippen molar-refractivity contribution in [3.63, 3.8) is 0 Å². The summed E-state index contributed by atoms with van der Waals surface area (Å²) in [5.74, 6) is 0.236. The molecule has 0 saturated carbocycles. The van der Waals surface area contributed by atoms with Crippen molar-refractivity contribution in [3.8, 4) is 5.75 Å². The van der Waals surface area contributed by atoms with E-state index in [2.05, 4.69) is 5.32 Å². The normalized spacial score (nSPS) is 12.1. The third kappa shape index (κ3) is 3.55. The lowest BCUT2D eigenvalue weighted by Gasteiger charge is -2.14. The number of hydrogen-bond acceptors (Lipinski definition) is 4. The Labute approximate surface area is 117 Å². The third-order valence-electron chi connectivity index (χ3n) is 3.13. The summed E-state index contributed by atoms with van der Waals surface area (Å²) < 4.78 is 0. The summed E-state index contributed by atoms with van der Waals surface area (Å²) in [5.41, 5.74) is 2.01. The van der Waals surface area contributed by atoms with E-state index in [1.54, 1.807) is 24.3 Å². The lowest BCUT2D eigenvalue weighted by atomic mass is 10.1. The van der Waals surface area contributed by atoms with Crippen molar-refractivity contribution in [1.82, 2.24) is 5.32 Å². The number of benzene rings is 2. The summed E-state index contributed by atoms with van der Waals surface area (Å²) in [6.45, 7) is 2.55. The molecule has 2 aromatic carbocycles. The van der Waals surface area contributed by atoms with Crippen LogP contribution in [0.4, 0.5) is 5.69 Å². The quantitative estimate of drug-likeness (QED) is 0.647. The van der Waals surface area contributed by atoms with E-state index in [4.69, 9.17) is 0 Å². The topological polar surface area (TPSA) is 75.4 Å². The maximum atomic E-state index is 10.7. The van der Waals surface area contributed by atoms with Gasteiger partial charge in [-0.3, -0.25) is 10.1 Å². The molecule has 0 amide bonds. The first-order chi connectivity index (χ1) is 9.56. The van der Waals surface area contributed by atoms with Gasteiger partial charge in [0.1, 0.15) is 5.75 Å². The average Bonchev–Trinajstić information content (AvgIpc) is 2.46. The zero-order chi connectivity index (χ0) is 14.5. The van der Waals surface area contributed by atoms with Gasteiger partial charge >= 0.3 is 0 Å². The fourth-order valence-electron chi connectivity index (χ4n) is 1.93. The van der Waals surface area contributed by atoms with Crippen LogP contribution in [0, 0.1) is 10.1 Å². The molecule has 0 fully saturated rings. The van der Waals surface area contributed by atoms with Gasteiger partial charge in [-0.15, -0.1) is 0 Å². The average molecular weight is 272 g/mol. The van der Waals surface area contributed by atoms with Gasteiger partial charge in [-0.05, 0) is 30.2 Å². The molecule has 5 nitrogen and oxygen atoms in total. The van der Waals surface area contributed by atoms with Crippen molar-refractivity contribution < 1.29 is 10.0 Å². The number of phenols is 1. The van der Waals surface area contributed by atoms with Gasteiger partial charge in [0, 0.05) is 24.7 Å². The number of nitro benzene ring substituents is 1. The molecule has 104 valence electrons. The predicted molar refractivity (Wildman–Crippen MR) is 76.5 cm³/mol. The second-order valence-electron chi connectivity index (χ2n) is 4.62. The Bertz CT molecular complexity index is 596. The van der Waals surface area contributed by atoms with Crippen molar-refractivity contribution >= 4 is 5.69 Å². The molecule has 0 spiro atoms. The van der Waals surface area contributed by atoms with Crippen LogP contribution >= 0.6 is 0 Å². The molecule has 0 aromatic heterocycles. The molecule has 0 aliphatic rings.